The molecule has 0 fully saturated rings. The van der Waals surface area contributed by atoms with Crippen LogP contribution in [0.1, 0.15) is 11.3 Å². The number of furan rings is 1. The lowest BCUT2D eigenvalue weighted by atomic mass is 10.2. The molecule has 0 saturated heterocycles. The Hall–Kier alpha value is -1.70. The second-order valence-corrected chi connectivity index (χ2v) is 6.31. The zero-order chi connectivity index (χ0) is 14.8. The highest BCUT2D eigenvalue weighted by Crippen LogP contribution is 2.22. The summed E-state index contributed by atoms with van der Waals surface area (Å²) in [6, 6.07) is 6.89. The average molecular weight is 298 g/mol. The molecule has 0 aliphatic heterocycles. The molecule has 0 aliphatic rings. The minimum Gasteiger partial charge on any atom is -0.468 e. The van der Waals surface area contributed by atoms with Crippen LogP contribution in [0.4, 0.5) is 4.39 Å². The molecule has 0 atom stereocenters. The molecule has 0 unspecified atom stereocenters. The van der Waals surface area contributed by atoms with Crippen LogP contribution in [-0.2, 0) is 23.1 Å². The van der Waals surface area contributed by atoms with Crippen LogP contribution in [0, 0.1) is 5.82 Å². The third-order valence-electron chi connectivity index (χ3n) is 2.90. The first-order valence-electron chi connectivity index (χ1n) is 5.92. The third kappa shape index (κ3) is 2.90. The molecule has 7 heteroatoms. The molecule has 2 rings (SSSR count). The largest absolute Gasteiger partial charge is 0.468 e. The normalized spacial score (nSPS) is 12.0. The van der Waals surface area contributed by atoms with Crippen LogP contribution in [0.2, 0.25) is 0 Å². The summed E-state index contributed by atoms with van der Waals surface area (Å²) in [5.41, 5.74) is 5.88. The maximum Gasteiger partial charge on any atom is 0.243 e. The van der Waals surface area contributed by atoms with Crippen molar-refractivity contribution in [2.45, 2.75) is 18.0 Å². The van der Waals surface area contributed by atoms with Crippen molar-refractivity contribution in [2.75, 3.05) is 7.05 Å². The SMILES string of the molecule is CN(Cc1ccco1)S(=O)(=O)c1cc(F)ccc1CN. The summed E-state index contributed by atoms with van der Waals surface area (Å²) in [7, 11) is -2.42. The highest BCUT2D eigenvalue weighted by atomic mass is 32.2. The van der Waals surface area contributed by atoms with Gasteiger partial charge in [0.05, 0.1) is 17.7 Å². The summed E-state index contributed by atoms with van der Waals surface area (Å²) >= 11 is 0. The minimum absolute atomic E-state index is 0.0173. The molecule has 1 heterocycles. The van der Waals surface area contributed by atoms with Crippen LogP contribution in [0.25, 0.3) is 0 Å². The molecule has 108 valence electrons. The lowest BCUT2D eigenvalue weighted by Gasteiger charge is -2.18. The molecule has 0 aliphatic carbocycles. The van der Waals surface area contributed by atoms with Crippen LogP contribution in [0.15, 0.2) is 45.9 Å². The van der Waals surface area contributed by atoms with Crippen molar-refractivity contribution in [2.24, 2.45) is 5.73 Å². The lowest BCUT2D eigenvalue weighted by molar-refractivity contribution is 0.405. The number of rotatable bonds is 5. The first kappa shape index (κ1) is 14.7. The fourth-order valence-corrected chi connectivity index (χ4v) is 3.19. The second kappa shape index (κ2) is 5.74. The van der Waals surface area contributed by atoms with Crippen LogP contribution in [0.3, 0.4) is 0 Å². The number of hydrogen-bond donors (Lipinski definition) is 1. The van der Waals surface area contributed by atoms with Gasteiger partial charge in [-0.3, -0.25) is 0 Å². The second-order valence-electron chi connectivity index (χ2n) is 4.30. The topological polar surface area (TPSA) is 76.5 Å². The van der Waals surface area contributed by atoms with Gasteiger partial charge in [0.25, 0.3) is 0 Å². The Morgan fingerprint density at radius 2 is 2.10 bits per heavy atom. The highest BCUT2D eigenvalue weighted by Gasteiger charge is 2.24. The van der Waals surface area contributed by atoms with Gasteiger partial charge in [-0.1, -0.05) is 6.07 Å². The number of halogens is 1. The van der Waals surface area contributed by atoms with E-state index in [2.05, 4.69) is 0 Å². The number of nitrogens with zero attached hydrogens (tertiary/aromatic N) is 1. The van der Waals surface area contributed by atoms with E-state index in [0.717, 1.165) is 10.4 Å². The van der Waals surface area contributed by atoms with E-state index >= 15 is 0 Å². The Labute approximate surface area is 116 Å². The zero-order valence-corrected chi connectivity index (χ0v) is 11.7. The fraction of sp³-hybridized carbons (Fsp3) is 0.231. The summed E-state index contributed by atoms with van der Waals surface area (Å²) in [4.78, 5) is -0.117. The average Bonchev–Trinajstić information content (AvgIpc) is 2.91. The van der Waals surface area contributed by atoms with Crippen LogP contribution < -0.4 is 5.73 Å². The van der Waals surface area contributed by atoms with Crippen molar-refractivity contribution >= 4 is 10.0 Å². The van der Waals surface area contributed by atoms with E-state index in [1.54, 1.807) is 12.1 Å². The number of benzene rings is 1. The fourth-order valence-electron chi connectivity index (χ4n) is 1.81. The van der Waals surface area contributed by atoms with Gasteiger partial charge in [-0.2, -0.15) is 4.31 Å². The maximum atomic E-state index is 13.3. The molecule has 1 aromatic heterocycles. The number of nitrogens with two attached hydrogens (primary N) is 1. The first-order valence-corrected chi connectivity index (χ1v) is 7.36. The Balaban J connectivity index is 2.36. The van der Waals surface area contributed by atoms with Gasteiger partial charge >= 0.3 is 0 Å². The standard InChI is InChI=1S/C13H15FN2O3S/c1-16(9-12-3-2-6-19-12)20(17,18)13-7-11(14)5-4-10(13)8-15/h2-7H,8-9,15H2,1H3. The van der Waals surface area contributed by atoms with Crippen molar-refractivity contribution < 1.29 is 17.2 Å². The van der Waals surface area contributed by atoms with Crippen LogP contribution in [-0.4, -0.2) is 19.8 Å². The first-order chi connectivity index (χ1) is 9.45. The molecule has 0 radical (unpaired) electrons. The molecule has 5 nitrogen and oxygen atoms in total. The highest BCUT2D eigenvalue weighted by molar-refractivity contribution is 7.89. The summed E-state index contributed by atoms with van der Waals surface area (Å²) in [5, 5.41) is 0. The molecule has 2 aromatic rings. The van der Waals surface area contributed by atoms with Crippen LogP contribution >= 0.6 is 0 Å². The minimum atomic E-state index is -3.83. The van der Waals surface area contributed by atoms with Crippen molar-refractivity contribution in [1.29, 1.82) is 0 Å². The monoisotopic (exact) mass is 298 g/mol. The van der Waals surface area contributed by atoms with Crippen molar-refractivity contribution in [3.05, 3.63) is 53.7 Å². The molecule has 0 spiro atoms. The van der Waals surface area contributed by atoms with Crippen molar-refractivity contribution in [3.8, 4) is 0 Å². The molecule has 20 heavy (non-hydrogen) atoms. The van der Waals surface area contributed by atoms with E-state index in [0.29, 0.717) is 11.3 Å². The Morgan fingerprint density at radius 1 is 1.35 bits per heavy atom. The predicted octanol–water partition coefficient (Wildman–Crippen LogP) is 1.70. The number of sulfonamides is 1. The van der Waals surface area contributed by atoms with E-state index in [-0.39, 0.29) is 18.0 Å². The molecule has 1 aromatic carbocycles. The lowest BCUT2D eigenvalue weighted by Crippen LogP contribution is -2.27. The van der Waals surface area contributed by atoms with Gasteiger partial charge in [-0.25, -0.2) is 12.8 Å². The summed E-state index contributed by atoms with van der Waals surface area (Å²) in [6.45, 7) is 0.0826. The van der Waals surface area contributed by atoms with Gasteiger partial charge in [-0.15, -0.1) is 0 Å². The van der Waals surface area contributed by atoms with Gasteiger partial charge in [0.15, 0.2) is 0 Å². The van der Waals surface area contributed by atoms with Crippen molar-refractivity contribution in [1.82, 2.24) is 4.31 Å². The van der Waals surface area contributed by atoms with Gasteiger partial charge < -0.3 is 10.2 Å². The zero-order valence-electron chi connectivity index (χ0n) is 10.9. The van der Waals surface area contributed by atoms with Gasteiger partial charge in [-0.05, 0) is 29.8 Å². The summed E-state index contributed by atoms with van der Waals surface area (Å²) in [6.07, 6.45) is 1.46. The predicted molar refractivity (Wildman–Crippen MR) is 71.7 cm³/mol. The molecule has 2 N–H and O–H groups in total. The van der Waals surface area contributed by atoms with E-state index in [9.17, 15) is 12.8 Å². The van der Waals surface area contributed by atoms with Crippen molar-refractivity contribution in [3.63, 3.8) is 0 Å². The molecule has 0 bridgehead atoms. The van der Waals surface area contributed by atoms with Gasteiger partial charge in [0.1, 0.15) is 11.6 Å². The summed E-state index contributed by atoms with van der Waals surface area (Å²) < 4.78 is 44.4. The quantitative estimate of drug-likeness (QED) is 0.911. The van der Waals surface area contributed by atoms with E-state index in [1.165, 1.54) is 25.4 Å². The molecular weight excluding hydrogens is 283 g/mol. The van der Waals surface area contributed by atoms with E-state index in [1.807, 2.05) is 0 Å². The summed E-state index contributed by atoms with van der Waals surface area (Å²) in [5.74, 6) is -0.117. The molecule has 0 saturated carbocycles. The third-order valence-corrected chi connectivity index (χ3v) is 4.78. The van der Waals surface area contributed by atoms with Gasteiger partial charge in [0.2, 0.25) is 10.0 Å². The van der Waals surface area contributed by atoms with E-state index < -0.39 is 15.8 Å². The number of hydrogen-bond acceptors (Lipinski definition) is 4. The smallest absolute Gasteiger partial charge is 0.243 e. The Bertz CT molecular complexity index is 684. The Kier molecular flexibility index (Phi) is 4.22. The van der Waals surface area contributed by atoms with Crippen LogP contribution in [0.5, 0.6) is 0 Å². The van der Waals surface area contributed by atoms with Gasteiger partial charge in [0, 0.05) is 13.6 Å². The Morgan fingerprint density at radius 3 is 2.70 bits per heavy atom. The molecular formula is C13H15FN2O3S. The maximum absolute atomic E-state index is 13.3. The molecule has 0 amide bonds. The van der Waals surface area contributed by atoms with E-state index in [4.69, 9.17) is 10.2 Å².